The minimum Gasteiger partial charge on any atom is -0.363 e. The van der Waals surface area contributed by atoms with Gasteiger partial charge in [0.05, 0.1) is 6.54 Å². The summed E-state index contributed by atoms with van der Waals surface area (Å²) < 4.78 is 0. The molecule has 18 heavy (non-hydrogen) atoms. The maximum atomic E-state index is 5.36. The number of aromatic nitrogens is 1. The number of hydrazine groups is 1. The Bertz CT molecular complexity index is 551. The lowest BCUT2D eigenvalue weighted by Gasteiger charge is -2.23. The van der Waals surface area contributed by atoms with E-state index < -0.39 is 0 Å². The number of nitrogens with two attached hydrogens (primary N) is 1. The first-order chi connectivity index (χ1) is 8.78. The number of nitrogen functional groups attached to an aromatic ring is 1. The summed E-state index contributed by atoms with van der Waals surface area (Å²) in [6, 6.07) is 9.16. The lowest BCUT2D eigenvalue weighted by atomic mass is 10.1. The zero-order valence-corrected chi connectivity index (χ0v) is 11.1. The zero-order chi connectivity index (χ0) is 12.5. The smallest absolute Gasteiger partial charge is 0.197 e. The molecule has 3 N–H and O–H groups in total. The largest absolute Gasteiger partial charge is 0.363 e. The third-order valence-electron chi connectivity index (χ3n) is 3.35. The molecule has 94 valence electrons. The fraction of sp³-hybridized carbons (Fsp3) is 0.308. The van der Waals surface area contributed by atoms with Gasteiger partial charge in [0.2, 0.25) is 0 Å². The maximum Gasteiger partial charge on any atom is 0.197 e. The van der Waals surface area contributed by atoms with Crippen LogP contribution in [0.2, 0.25) is 0 Å². The van der Waals surface area contributed by atoms with E-state index in [0.717, 1.165) is 18.1 Å². The zero-order valence-electron chi connectivity index (χ0n) is 10.3. The molecule has 1 aromatic heterocycles. The number of hydrogen-bond acceptors (Lipinski definition) is 5. The van der Waals surface area contributed by atoms with Gasteiger partial charge >= 0.3 is 0 Å². The molecule has 0 aliphatic carbocycles. The van der Waals surface area contributed by atoms with Gasteiger partial charge in [-0.1, -0.05) is 29.5 Å². The molecule has 1 aliphatic heterocycles. The molecule has 1 atom stereocenters. The van der Waals surface area contributed by atoms with Crippen molar-refractivity contribution in [3.05, 3.63) is 40.9 Å². The highest BCUT2D eigenvalue weighted by molar-refractivity contribution is 7.15. The van der Waals surface area contributed by atoms with Gasteiger partial charge in [0, 0.05) is 22.8 Å². The Balaban J connectivity index is 1.84. The van der Waals surface area contributed by atoms with E-state index in [1.165, 1.54) is 16.1 Å². The predicted octanol–water partition coefficient (Wildman–Crippen LogP) is 2.38. The topological polar surface area (TPSA) is 54.2 Å². The van der Waals surface area contributed by atoms with Crippen molar-refractivity contribution in [2.24, 2.45) is 5.84 Å². The van der Waals surface area contributed by atoms with Crippen LogP contribution in [0.3, 0.4) is 0 Å². The number of thiazole rings is 1. The normalized spacial score (nSPS) is 17.9. The average Bonchev–Trinajstić information content (AvgIpc) is 2.96. The Morgan fingerprint density at radius 1 is 1.50 bits per heavy atom. The fourth-order valence-corrected chi connectivity index (χ4v) is 3.21. The van der Waals surface area contributed by atoms with E-state index in [1.807, 2.05) is 6.20 Å². The van der Waals surface area contributed by atoms with E-state index in [9.17, 15) is 0 Å². The van der Waals surface area contributed by atoms with Gasteiger partial charge in [-0.25, -0.2) is 10.8 Å². The molecule has 1 aromatic carbocycles. The van der Waals surface area contributed by atoms with E-state index in [4.69, 9.17) is 5.84 Å². The predicted molar refractivity (Wildman–Crippen MR) is 75.7 cm³/mol. The molecule has 0 saturated heterocycles. The highest BCUT2D eigenvalue weighted by Gasteiger charge is 2.25. The molecular weight excluding hydrogens is 244 g/mol. The molecule has 0 saturated carbocycles. The second-order valence-electron chi connectivity index (χ2n) is 4.59. The first-order valence-corrected chi connectivity index (χ1v) is 6.85. The van der Waals surface area contributed by atoms with Crippen LogP contribution in [0.25, 0.3) is 0 Å². The van der Waals surface area contributed by atoms with E-state index in [2.05, 4.69) is 46.5 Å². The molecule has 5 heteroatoms. The quantitative estimate of drug-likeness (QED) is 0.657. The summed E-state index contributed by atoms with van der Waals surface area (Å²) in [4.78, 5) is 7.88. The van der Waals surface area contributed by atoms with Crippen LogP contribution in [0.5, 0.6) is 0 Å². The second-order valence-corrected chi connectivity index (χ2v) is 5.70. The molecule has 2 heterocycles. The standard InChI is InChI=1S/C13H16N4S/c1-9-6-10-4-2-3-5-12(10)17(9)8-11-7-15-13(16-14)18-11/h2-5,7,9H,6,8,14H2,1H3,(H,15,16). The van der Waals surface area contributed by atoms with Crippen molar-refractivity contribution in [3.8, 4) is 0 Å². The molecule has 4 nitrogen and oxygen atoms in total. The van der Waals surface area contributed by atoms with Crippen molar-refractivity contribution in [2.75, 3.05) is 10.3 Å². The Morgan fingerprint density at radius 2 is 2.33 bits per heavy atom. The number of para-hydroxylation sites is 1. The Kier molecular flexibility index (Phi) is 2.93. The summed E-state index contributed by atoms with van der Waals surface area (Å²) in [5.74, 6) is 5.36. The highest BCUT2D eigenvalue weighted by atomic mass is 32.1. The monoisotopic (exact) mass is 260 g/mol. The van der Waals surface area contributed by atoms with Gasteiger partial charge in [0.1, 0.15) is 0 Å². The number of hydrogen-bond donors (Lipinski definition) is 2. The van der Waals surface area contributed by atoms with Gasteiger partial charge in [0.25, 0.3) is 0 Å². The van der Waals surface area contributed by atoms with E-state index >= 15 is 0 Å². The summed E-state index contributed by atoms with van der Waals surface area (Å²) in [5.41, 5.74) is 5.38. The van der Waals surface area contributed by atoms with E-state index in [1.54, 1.807) is 11.3 Å². The van der Waals surface area contributed by atoms with Gasteiger partial charge in [-0.3, -0.25) is 5.43 Å². The SMILES string of the molecule is CC1Cc2ccccc2N1Cc1cnc(NN)s1. The van der Waals surface area contributed by atoms with Crippen LogP contribution >= 0.6 is 11.3 Å². The number of fused-ring (bicyclic) bond motifs is 1. The molecule has 1 aliphatic rings. The van der Waals surface area contributed by atoms with Gasteiger partial charge in [-0.15, -0.1) is 0 Å². The number of benzene rings is 1. The van der Waals surface area contributed by atoms with Crippen molar-refractivity contribution in [1.82, 2.24) is 4.98 Å². The van der Waals surface area contributed by atoms with Crippen molar-refractivity contribution in [2.45, 2.75) is 25.9 Å². The lowest BCUT2D eigenvalue weighted by Crippen LogP contribution is -2.28. The van der Waals surface area contributed by atoms with Gasteiger partial charge in [-0.05, 0) is 25.0 Å². The Labute approximate surface area is 110 Å². The first kappa shape index (κ1) is 11.5. The molecule has 0 amide bonds. The minimum absolute atomic E-state index is 0.541. The van der Waals surface area contributed by atoms with Gasteiger partial charge in [-0.2, -0.15) is 0 Å². The second kappa shape index (κ2) is 4.59. The van der Waals surface area contributed by atoms with Crippen LogP contribution in [0.1, 0.15) is 17.4 Å². The lowest BCUT2D eigenvalue weighted by molar-refractivity contribution is 0.676. The summed E-state index contributed by atoms with van der Waals surface area (Å²) in [6.07, 6.45) is 3.02. The van der Waals surface area contributed by atoms with Crippen molar-refractivity contribution in [3.63, 3.8) is 0 Å². The van der Waals surface area contributed by atoms with Crippen molar-refractivity contribution in [1.29, 1.82) is 0 Å². The summed E-state index contributed by atoms with van der Waals surface area (Å²) in [6.45, 7) is 3.17. The number of rotatable bonds is 3. The van der Waals surface area contributed by atoms with Crippen molar-refractivity contribution < 1.29 is 0 Å². The van der Waals surface area contributed by atoms with Crippen LogP contribution in [0.4, 0.5) is 10.8 Å². The van der Waals surface area contributed by atoms with Crippen LogP contribution < -0.4 is 16.2 Å². The molecule has 2 aromatic rings. The Hall–Kier alpha value is -1.59. The fourth-order valence-electron chi connectivity index (χ4n) is 2.49. The number of nitrogens with one attached hydrogen (secondary N) is 1. The summed E-state index contributed by atoms with van der Waals surface area (Å²) in [5, 5.41) is 0.769. The summed E-state index contributed by atoms with van der Waals surface area (Å²) in [7, 11) is 0. The minimum atomic E-state index is 0.541. The van der Waals surface area contributed by atoms with E-state index in [0.29, 0.717) is 6.04 Å². The number of nitrogens with zero attached hydrogens (tertiary/aromatic N) is 2. The highest BCUT2D eigenvalue weighted by Crippen LogP contribution is 2.34. The molecule has 0 bridgehead atoms. The molecule has 3 rings (SSSR count). The van der Waals surface area contributed by atoms with Crippen molar-refractivity contribution >= 4 is 22.2 Å². The average molecular weight is 260 g/mol. The van der Waals surface area contributed by atoms with Crippen LogP contribution in [-0.2, 0) is 13.0 Å². The van der Waals surface area contributed by atoms with Crippen LogP contribution in [-0.4, -0.2) is 11.0 Å². The third kappa shape index (κ3) is 1.95. The number of anilines is 2. The molecule has 0 radical (unpaired) electrons. The molecular formula is C13H16N4S. The summed E-state index contributed by atoms with van der Waals surface area (Å²) >= 11 is 1.61. The molecule has 1 unspecified atom stereocenters. The molecule has 0 fully saturated rings. The van der Waals surface area contributed by atoms with Gasteiger partial charge in [0.15, 0.2) is 5.13 Å². The van der Waals surface area contributed by atoms with E-state index in [-0.39, 0.29) is 0 Å². The Morgan fingerprint density at radius 3 is 3.11 bits per heavy atom. The van der Waals surface area contributed by atoms with Crippen LogP contribution in [0.15, 0.2) is 30.5 Å². The molecule has 0 spiro atoms. The van der Waals surface area contributed by atoms with Gasteiger partial charge < -0.3 is 4.90 Å². The third-order valence-corrected chi connectivity index (χ3v) is 4.26. The van der Waals surface area contributed by atoms with Crippen LogP contribution in [0, 0.1) is 0 Å². The first-order valence-electron chi connectivity index (χ1n) is 6.04. The maximum absolute atomic E-state index is 5.36.